The number of alkyl halides is 3. The van der Waals surface area contributed by atoms with Crippen molar-refractivity contribution in [3.05, 3.63) is 23.3 Å². The van der Waals surface area contributed by atoms with Gasteiger partial charge >= 0.3 is 0 Å². The van der Waals surface area contributed by atoms with E-state index in [4.69, 9.17) is 0 Å². The van der Waals surface area contributed by atoms with Gasteiger partial charge in [-0.15, -0.1) is 0 Å². The molecule has 0 spiro atoms. The molecule has 0 atom stereocenters. The van der Waals surface area contributed by atoms with Gasteiger partial charge in [0, 0.05) is 17.1 Å². The SMILES string of the molecule is Cc1ncc(CBr)c(C(F)F)n1. The first kappa shape index (κ1) is 9.51. The molecule has 12 heavy (non-hydrogen) atoms. The van der Waals surface area contributed by atoms with Crippen LogP contribution in [0.5, 0.6) is 0 Å². The van der Waals surface area contributed by atoms with Gasteiger partial charge in [0.1, 0.15) is 11.5 Å². The highest BCUT2D eigenvalue weighted by molar-refractivity contribution is 9.08. The Hall–Kier alpha value is -0.580. The van der Waals surface area contributed by atoms with Crippen molar-refractivity contribution in [2.24, 2.45) is 0 Å². The Labute approximate surface area is 77.2 Å². The number of aromatic nitrogens is 2. The molecule has 1 aromatic rings. The largest absolute Gasteiger partial charge is 0.280 e. The van der Waals surface area contributed by atoms with Crippen LogP contribution >= 0.6 is 15.9 Å². The molecular weight excluding hydrogens is 230 g/mol. The number of hydrogen-bond donors (Lipinski definition) is 0. The van der Waals surface area contributed by atoms with Gasteiger partial charge in [0.2, 0.25) is 0 Å². The van der Waals surface area contributed by atoms with Crippen LogP contribution in [0.25, 0.3) is 0 Å². The molecular formula is C7H7BrF2N2. The fourth-order valence-corrected chi connectivity index (χ4v) is 1.24. The average Bonchev–Trinajstić information content (AvgIpc) is 2.04. The van der Waals surface area contributed by atoms with E-state index < -0.39 is 6.43 Å². The van der Waals surface area contributed by atoms with Gasteiger partial charge < -0.3 is 0 Å². The van der Waals surface area contributed by atoms with Crippen molar-refractivity contribution in [2.75, 3.05) is 0 Å². The highest BCUT2D eigenvalue weighted by Gasteiger charge is 2.14. The quantitative estimate of drug-likeness (QED) is 0.739. The van der Waals surface area contributed by atoms with Crippen LogP contribution in [0.2, 0.25) is 0 Å². The lowest BCUT2D eigenvalue weighted by Crippen LogP contribution is -2.00. The van der Waals surface area contributed by atoms with Crippen molar-refractivity contribution in [2.45, 2.75) is 18.7 Å². The van der Waals surface area contributed by atoms with Crippen molar-refractivity contribution in [1.82, 2.24) is 9.97 Å². The Morgan fingerprint density at radius 2 is 2.25 bits per heavy atom. The van der Waals surface area contributed by atoms with Gasteiger partial charge in [-0.2, -0.15) is 0 Å². The summed E-state index contributed by atoms with van der Waals surface area (Å²) in [4.78, 5) is 7.47. The molecule has 2 nitrogen and oxygen atoms in total. The van der Waals surface area contributed by atoms with Crippen molar-refractivity contribution in [3.8, 4) is 0 Å². The molecule has 1 heterocycles. The van der Waals surface area contributed by atoms with Crippen molar-refractivity contribution in [1.29, 1.82) is 0 Å². The van der Waals surface area contributed by atoms with E-state index in [-0.39, 0.29) is 5.69 Å². The Morgan fingerprint density at radius 3 is 2.75 bits per heavy atom. The predicted molar refractivity (Wildman–Crippen MR) is 44.4 cm³/mol. The van der Waals surface area contributed by atoms with Gasteiger partial charge in [0.25, 0.3) is 6.43 Å². The van der Waals surface area contributed by atoms with Gasteiger partial charge in [0.05, 0.1) is 0 Å². The molecule has 0 bridgehead atoms. The minimum atomic E-state index is -2.53. The molecule has 0 aliphatic heterocycles. The van der Waals surface area contributed by atoms with Crippen molar-refractivity contribution < 1.29 is 8.78 Å². The summed E-state index contributed by atoms with van der Waals surface area (Å²) < 4.78 is 24.6. The number of rotatable bonds is 2. The maximum absolute atomic E-state index is 12.3. The number of aryl methyl sites for hydroxylation is 1. The summed E-state index contributed by atoms with van der Waals surface area (Å²) in [6.45, 7) is 1.59. The molecule has 66 valence electrons. The molecule has 0 radical (unpaired) electrons. The minimum absolute atomic E-state index is 0.181. The average molecular weight is 237 g/mol. The normalized spacial score (nSPS) is 10.8. The molecule has 0 saturated carbocycles. The molecule has 5 heteroatoms. The zero-order chi connectivity index (χ0) is 9.14. The second kappa shape index (κ2) is 3.89. The molecule has 0 fully saturated rings. The van der Waals surface area contributed by atoms with Gasteiger partial charge in [-0.25, -0.2) is 18.7 Å². The maximum atomic E-state index is 12.3. The van der Waals surface area contributed by atoms with E-state index in [2.05, 4.69) is 25.9 Å². The third-order valence-electron chi connectivity index (χ3n) is 1.37. The molecule has 0 saturated heterocycles. The van der Waals surface area contributed by atoms with Crippen LogP contribution in [0.1, 0.15) is 23.5 Å². The van der Waals surface area contributed by atoms with Crippen LogP contribution in [0.4, 0.5) is 8.78 Å². The smallest absolute Gasteiger partial charge is 0.241 e. The number of halogens is 3. The summed E-state index contributed by atoms with van der Waals surface area (Å²) in [7, 11) is 0. The second-order valence-corrected chi connectivity index (χ2v) is 2.82. The Morgan fingerprint density at radius 1 is 1.58 bits per heavy atom. The summed E-state index contributed by atoms with van der Waals surface area (Å²) in [5.74, 6) is 0.370. The molecule has 0 N–H and O–H groups in total. The summed E-state index contributed by atoms with van der Waals surface area (Å²) in [6, 6.07) is 0. The number of nitrogens with zero attached hydrogens (tertiary/aromatic N) is 2. The monoisotopic (exact) mass is 236 g/mol. The van der Waals surface area contributed by atoms with E-state index in [1.54, 1.807) is 6.92 Å². The molecule has 0 unspecified atom stereocenters. The van der Waals surface area contributed by atoms with Crippen LogP contribution in [0, 0.1) is 6.92 Å². The fraction of sp³-hybridized carbons (Fsp3) is 0.429. The number of hydrogen-bond acceptors (Lipinski definition) is 2. The highest BCUT2D eigenvalue weighted by Crippen LogP contribution is 2.21. The standard InChI is InChI=1S/C7H7BrF2N2/c1-4-11-3-5(2-8)6(12-4)7(9)10/h3,7H,2H2,1H3. The van der Waals surface area contributed by atoms with Crippen molar-refractivity contribution >= 4 is 15.9 Å². The first-order valence-electron chi connectivity index (χ1n) is 3.31. The van der Waals surface area contributed by atoms with E-state index in [9.17, 15) is 8.78 Å². The zero-order valence-electron chi connectivity index (χ0n) is 6.39. The second-order valence-electron chi connectivity index (χ2n) is 2.26. The van der Waals surface area contributed by atoms with Gasteiger partial charge in [-0.05, 0) is 6.92 Å². The lowest BCUT2D eigenvalue weighted by Gasteiger charge is -2.04. The molecule has 0 aliphatic carbocycles. The molecule has 0 aliphatic rings. The Kier molecular flexibility index (Phi) is 3.08. The van der Waals surface area contributed by atoms with E-state index in [1.807, 2.05) is 0 Å². The van der Waals surface area contributed by atoms with Gasteiger partial charge in [0.15, 0.2) is 0 Å². The lowest BCUT2D eigenvalue weighted by atomic mass is 10.2. The van der Waals surface area contributed by atoms with E-state index >= 15 is 0 Å². The molecule has 1 aromatic heterocycles. The van der Waals surface area contributed by atoms with Gasteiger partial charge in [-0.3, -0.25) is 0 Å². The summed E-state index contributed by atoms with van der Waals surface area (Å²) in [5.41, 5.74) is 0.259. The van der Waals surface area contributed by atoms with Crippen LogP contribution in [0.15, 0.2) is 6.20 Å². The Balaban J connectivity index is 3.12. The minimum Gasteiger partial charge on any atom is -0.241 e. The summed E-state index contributed by atoms with van der Waals surface area (Å²) in [5, 5.41) is 0.354. The van der Waals surface area contributed by atoms with Crippen LogP contribution in [0.3, 0.4) is 0 Å². The van der Waals surface area contributed by atoms with Crippen LogP contribution < -0.4 is 0 Å². The predicted octanol–water partition coefficient (Wildman–Crippen LogP) is 2.62. The first-order valence-corrected chi connectivity index (χ1v) is 4.44. The molecule has 0 aromatic carbocycles. The van der Waals surface area contributed by atoms with Crippen LogP contribution in [-0.2, 0) is 5.33 Å². The summed E-state index contributed by atoms with van der Waals surface area (Å²) in [6.07, 6.45) is -1.11. The molecule has 1 rings (SSSR count). The topological polar surface area (TPSA) is 25.8 Å². The third-order valence-corrected chi connectivity index (χ3v) is 1.97. The summed E-state index contributed by atoms with van der Waals surface area (Å²) >= 11 is 3.09. The lowest BCUT2D eigenvalue weighted by molar-refractivity contribution is 0.144. The van der Waals surface area contributed by atoms with Crippen molar-refractivity contribution in [3.63, 3.8) is 0 Å². The van der Waals surface area contributed by atoms with E-state index in [0.717, 1.165) is 0 Å². The zero-order valence-corrected chi connectivity index (χ0v) is 7.98. The maximum Gasteiger partial charge on any atom is 0.280 e. The molecule has 0 amide bonds. The van der Waals surface area contributed by atoms with Gasteiger partial charge in [-0.1, -0.05) is 15.9 Å². The van der Waals surface area contributed by atoms with Crippen LogP contribution in [-0.4, -0.2) is 9.97 Å². The first-order chi connectivity index (χ1) is 5.65. The highest BCUT2D eigenvalue weighted by atomic mass is 79.9. The third kappa shape index (κ3) is 1.97. The fourth-order valence-electron chi connectivity index (χ4n) is 0.804. The Bertz CT molecular complexity index is 278. The van der Waals surface area contributed by atoms with E-state index in [1.165, 1.54) is 6.20 Å². The van der Waals surface area contributed by atoms with E-state index in [0.29, 0.717) is 16.7 Å².